The summed E-state index contributed by atoms with van der Waals surface area (Å²) in [6, 6.07) is 3.64. The van der Waals surface area contributed by atoms with Crippen molar-refractivity contribution in [2.24, 2.45) is 5.41 Å². The first-order valence-electron chi connectivity index (χ1n) is 5.41. The molecule has 0 aliphatic heterocycles. The van der Waals surface area contributed by atoms with Crippen LogP contribution in [0.2, 0.25) is 0 Å². The topological polar surface area (TPSA) is 71.5 Å². The average molecular weight is 238 g/mol. The molecule has 1 heterocycles. The number of aliphatic carboxylic acids is 1. The van der Waals surface area contributed by atoms with E-state index in [9.17, 15) is 4.79 Å². The molecule has 2 N–H and O–H groups in total. The highest BCUT2D eigenvalue weighted by molar-refractivity contribution is 5.73. The van der Waals surface area contributed by atoms with Crippen molar-refractivity contribution in [3.63, 3.8) is 0 Å². The van der Waals surface area contributed by atoms with Crippen LogP contribution in [-0.2, 0) is 11.3 Å². The highest BCUT2D eigenvalue weighted by Crippen LogP contribution is 2.18. The molecule has 0 aromatic carbocycles. The third-order valence-corrected chi connectivity index (χ3v) is 2.33. The van der Waals surface area contributed by atoms with E-state index >= 15 is 0 Å². The zero-order chi connectivity index (χ0) is 12.9. The maximum atomic E-state index is 10.9. The SMILES string of the molecule is CNCc1ccc(OCC(C)(C)C(=O)O)cn1. The van der Waals surface area contributed by atoms with Crippen LogP contribution in [0.25, 0.3) is 0 Å². The third-order valence-electron chi connectivity index (χ3n) is 2.33. The normalized spacial score (nSPS) is 11.2. The van der Waals surface area contributed by atoms with Crippen LogP contribution in [0.4, 0.5) is 0 Å². The first-order chi connectivity index (χ1) is 7.95. The molecule has 0 atom stereocenters. The molecule has 0 spiro atoms. The summed E-state index contributed by atoms with van der Waals surface area (Å²) >= 11 is 0. The van der Waals surface area contributed by atoms with Gasteiger partial charge in [-0.25, -0.2) is 0 Å². The molecular weight excluding hydrogens is 220 g/mol. The number of carboxylic acids is 1. The molecule has 0 saturated carbocycles. The Morgan fingerprint density at radius 3 is 2.71 bits per heavy atom. The molecule has 94 valence electrons. The molecule has 1 rings (SSSR count). The van der Waals surface area contributed by atoms with Crippen LogP contribution in [0.15, 0.2) is 18.3 Å². The Bertz CT molecular complexity index is 374. The van der Waals surface area contributed by atoms with Gasteiger partial charge < -0.3 is 15.2 Å². The van der Waals surface area contributed by atoms with Crippen molar-refractivity contribution >= 4 is 5.97 Å². The highest BCUT2D eigenvalue weighted by Gasteiger charge is 2.28. The Hall–Kier alpha value is -1.62. The number of hydrogen-bond acceptors (Lipinski definition) is 4. The van der Waals surface area contributed by atoms with Crippen LogP contribution >= 0.6 is 0 Å². The number of pyridine rings is 1. The van der Waals surface area contributed by atoms with Crippen LogP contribution in [0.5, 0.6) is 5.75 Å². The lowest BCUT2D eigenvalue weighted by atomic mass is 9.95. The molecule has 5 heteroatoms. The minimum atomic E-state index is -0.899. The summed E-state index contributed by atoms with van der Waals surface area (Å²) in [6.45, 7) is 4.06. The van der Waals surface area contributed by atoms with Crippen molar-refractivity contribution in [1.29, 1.82) is 0 Å². The smallest absolute Gasteiger partial charge is 0.312 e. The molecule has 0 bridgehead atoms. The lowest BCUT2D eigenvalue weighted by Gasteiger charge is -2.19. The fourth-order valence-corrected chi connectivity index (χ4v) is 1.11. The van der Waals surface area contributed by atoms with Crippen LogP contribution < -0.4 is 10.1 Å². The fourth-order valence-electron chi connectivity index (χ4n) is 1.11. The van der Waals surface area contributed by atoms with Gasteiger partial charge in [-0.2, -0.15) is 0 Å². The van der Waals surface area contributed by atoms with Crippen molar-refractivity contribution in [1.82, 2.24) is 10.3 Å². The predicted molar refractivity (Wildman–Crippen MR) is 63.9 cm³/mol. The monoisotopic (exact) mass is 238 g/mol. The zero-order valence-electron chi connectivity index (χ0n) is 10.4. The highest BCUT2D eigenvalue weighted by atomic mass is 16.5. The molecule has 5 nitrogen and oxygen atoms in total. The van der Waals surface area contributed by atoms with Crippen molar-refractivity contribution in [2.75, 3.05) is 13.7 Å². The molecule has 0 aliphatic carbocycles. The Labute approximate surface area is 101 Å². The van der Waals surface area contributed by atoms with Gasteiger partial charge in [0.1, 0.15) is 12.4 Å². The Morgan fingerprint density at radius 1 is 1.53 bits per heavy atom. The first-order valence-corrected chi connectivity index (χ1v) is 5.41. The molecular formula is C12H18N2O3. The summed E-state index contributed by atoms with van der Waals surface area (Å²) in [5, 5.41) is 11.9. The number of carboxylic acid groups (broad SMARTS) is 1. The van der Waals surface area contributed by atoms with Gasteiger partial charge in [-0.1, -0.05) is 0 Å². The zero-order valence-corrected chi connectivity index (χ0v) is 10.4. The van der Waals surface area contributed by atoms with Gasteiger partial charge in [0.25, 0.3) is 0 Å². The minimum absolute atomic E-state index is 0.120. The van der Waals surface area contributed by atoms with Gasteiger partial charge in [-0.15, -0.1) is 0 Å². The summed E-state index contributed by atoms with van der Waals surface area (Å²) in [6.07, 6.45) is 1.60. The van der Waals surface area contributed by atoms with Gasteiger partial charge in [0.2, 0.25) is 0 Å². The second-order valence-corrected chi connectivity index (χ2v) is 4.49. The number of hydrogen-bond donors (Lipinski definition) is 2. The number of rotatable bonds is 6. The van der Waals surface area contributed by atoms with Gasteiger partial charge in [0.15, 0.2) is 0 Å². The van der Waals surface area contributed by atoms with Crippen molar-refractivity contribution in [2.45, 2.75) is 20.4 Å². The molecule has 0 fully saturated rings. The van der Waals surface area contributed by atoms with Crippen LogP contribution in [0.3, 0.4) is 0 Å². The van der Waals surface area contributed by atoms with Gasteiger partial charge in [0.05, 0.1) is 17.3 Å². The van der Waals surface area contributed by atoms with Gasteiger partial charge in [-0.05, 0) is 33.0 Å². The molecule has 0 saturated heterocycles. The van der Waals surface area contributed by atoms with Crippen molar-refractivity contribution < 1.29 is 14.6 Å². The van der Waals surface area contributed by atoms with Crippen LogP contribution in [-0.4, -0.2) is 29.7 Å². The second-order valence-electron chi connectivity index (χ2n) is 4.49. The van der Waals surface area contributed by atoms with Gasteiger partial charge in [0, 0.05) is 6.54 Å². The predicted octanol–water partition coefficient (Wildman–Crippen LogP) is 1.29. The Kier molecular flexibility index (Phi) is 4.45. The average Bonchev–Trinajstić information content (AvgIpc) is 2.28. The molecule has 1 aromatic heterocycles. The molecule has 1 aromatic rings. The van der Waals surface area contributed by atoms with E-state index in [1.165, 1.54) is 0 Å². The van der Waals surface area contributed by atoms with E-state index in [1.807, 2.05) is 13.1 Å². The minimum Gasteiger partial charge on any atom is -0.491 e. The quantitative estimate of drug-likeness (QED) is 0.781. The van der Waals surface area contributed by atoms with E-state index in [-0.39, 0.29) is 6.61 Å². The Balaban J connectivity index is 2.55. The lowest BCUT2D eigenvalue weighted by Crippen LogP contribution is -2.30. The van der Waals surface area contributed by atoms with E-state index in [0.29, 0.717) is 12.3 Å². The third kappa shape index (κ3) is 4.03. The number of aromatic nitrogens is 1. The number of carbonyl (C=O) groups is 1. The van der Waals surface area contributed by atoms with E-state index < -0.39 is 11.4 Å². The molecule has 0 aliphatic rings. The van der Waals surface area contributed by atoms with E-state index in [2.05, 4.69) is 10.3 Å². The lowest BCUT2D eigenvalue weighted by molar-refractivity contribution is -0.148. The summed E-state index contributed by atoms with van der Waals surface area (Å²) in [7, 11) is 1.85. The number of ether oxygens (including phenoxy) is 1. The number of nitrogens with zero attached hydrogens (tertiary/aromatic N) is 1. The van der Waals surface area contributed by atoms with E-state index in [1.54, 1.807) is 26.1 Å². The van der Waals surface area contributed by atoms with Gasteiger partial charge >= 0.3 is 5.97 Å². The first kappa shape index (κ1) is 13.4. The summed E-state index contributed by atoms with van der Waals surface area (Å²) < 4.78 is 5.40. The largest absolute Gasteiger partial charge is 0.491 e. The van der Waals surface area contributed by atoms with Gasteiger partial charge in [-0.3, -0.25) is 9.78 Å². The second kappa shape index (κ2) is 5.63. The summed E-state index contributed by atoms with van der Waals surface area (Å²) in [5.74, 6) is -0.295. The Morgan fingerprint density at radius 2 is 2.24 bits per heavy atom. The maximum Gasteiger partial charge on any atom is 0.312 e. The maximum absolute atomic E-state index is 10.9. The number of nitrogens with one attached hydrogen (secondary N) is 1. The van der Waals surface area contributed by atoms with E-state index in [4.69, 9.17) is 9.84 Å². The molecule has 17 heavy (non-hydrogen) atoms. The standard InChI is InChI=1S/C12H18N2O3/c1-12(2,11(15)16)8-17-10-5-4-9(6-13-3)14-7-10/h4-5,7,13H,6,8H2,1-3H3,(H,15,16). The summed E-state index contributed by atoms with van der Waals surface area (Å²) in [5.41, 5.74) is 0.0150. The van der Waals surface area contributed by atoms with Crippen molar-refractivity contribution in [3.05, 3.63) is 24.0 Å². The van der Waals surface area contributed by atoms with E-state index in [0.717, 1.165) is 5.69 Å². The van der Waals surface area contributed by atoms with Crippen molar-refractivity contribution in [3.8, 4) is 5.75 Å². The van der Waals surface area contributed by atoms with Crippen LogP contribution in [0.1, 0.15) is 19.5 Å². The molecule has 0 unspecified atom stereocenters. The van der Waals surface area contributed by atoms with Crippen LogP contribution in [0, 0.1) is 5.41 Å². The summed E-state index contributed by atoms with van der Waals surface area (Å²) in [4.78, 5) is 15.1. The molecule has 0 radical (unpaired) electrons. The fraction of sp³-hybridized carbons (Fsp3) is 0.500. The molecule has 0 amide bonds.